The third-order valence-electron chi connectivity index (χ3n) is 5.39. The predicted octanol–water partition coefficient (Wildman–Crippen LogP) is 8.53. The maximum Gasteiger partial charge on any atom is 0.123 e. The van der Waals surface area contributed by atoms with Crippen molar-refractivity contribution in [1.29, 1.82) is 0 Å². The molecule has 0 saturated heterocycles. The van der Waals surface area contributed by atoms with Crippen LogP contribution in [0.3, 0.4) is 0 Å². The summed E-state index contributed by atoms with van der Waals surface area (Å²) in [6.45, 7) is 23.5. The summed E-state index contributed by atoms with van der Waals surface area (Å²) in [4.78, 5) is 2.35. The van der Waals surface area contributed by atoms with Gasteiger partial charge in [0.2, 0.25) is 0 Å². The van der Waals surface area contributed by atoms with Crippen molar-refractivity contribution >= 4 is 23.5 Å². The summed E-state index contributed by atoms with van der Waals surface area (Å²) in [6, 6.07) is 8.50. The van der Waals surface area contributed by atoms with Gasteiger partial charge < -0.3 is 10.2 Å². The van der Waals surface area contributed by atoms with Crippen LogP contribution in [0.25, 0.3) is 0 Å². The molecule has 0 aliphatic carbocycles. The number of hydrogen-bond donors (Lipinski definition) is 2. The van der Waals surface area contributed by atoms with E-state index in [1.807, 2.05) is 30.4 Å². The van der Waals surface area contributed by atoms with Crippen molar-refractivity contribution in [1.82, 2.24) is 0 Å². The second-order valence-corrected chi connectivity index (χ2v) is 14.7. The van der Waals surface area contributed by atoms with E-state index in [4.69, 9.17) is 0 Å². The van der Waals surface area contributed by atoms with Crippen LogP contribution >= 0.6 is 23.5 Å². The molecule has 0 aliphatic heterocycles. The van der Waals surface area contributed by atoms with Gasteiger partial charge in [-0.05, 0) is 59.9 Å². The fraction of sp³-hybridized carbons (Fsp3) is 0.556. The molecule has 0 fully saturated rings. The highest BCUT2D eigenvalue weighted by atomic mass is 32.2. The Hall–Kier alpha value is -1.26. The number of thioether (sulfide) groups is 2. The average Bonchev–Trinajstić information content (AvgIpc) is 2.56. The van der Waals surface area contributed by atoms with Gasteiger partial charge in [0.05, 0.1) is 4.58 Å². The van der Waals surface area contributed by atoms with Gasteiger partial charge >= 0.3 is 0 Å². The average molecular weight is 461 g/mol. The van der Waals surface area contributed by atoms with Crippen molar-refractivity contribution in [3.63, 3.8) is 0 Å². The quantitative estimate of drug-likeness (QED) is 0.354. The molecular weight excluding hydrogens is 420 g/mol. The summed E-state index contributed by atoms with van der Waals surface area (Å²) in [5.74, 6) is 0.828. The first-order valence-corrected chi connectivity index (χ1v) is 12.7. The Kier molecular flexibility index (Phi) is 7.50. The van der Waals surface area contributed by atoms with E-state index in [0.29, 0.717) is 11.5 Å². The molecule has 2 nitrogen and oxygen atoms in total. The molecule has 0 amide bonds. The maximum atomic E-state index is 11.0. The first kappa shape index (κ1) is 26.0. The Bertz CT molecular complexity index is 906. The molecule has 1 unspecified atom stereocenters. The highest BCUT2D eigenvalue weighted by molar-refractivity contribution is 8.17. The van der Waals surface area contributed by atoms with E-state index in [-0.39, 0.29) is 20.8 Å². The number of aryl methyl sites for hydroxylation is 1. The zero-order valence-corrected chi connectivity index (χ0v) is 22.7. The van der Waals surface area contributed by atoms with E-state index < -0.39 is 0 Å². The summed E-state index contributed by atoms with van der Waals surface area (Å²) in [7, 11) is 0. The topological polar surface area (TPSA) is 40.5 Å². The zero-order valence-electron chi connectivity index (χ0n) is 21.1. The fourth-order valence-electron chi connectivity index (χ4n) is 3.61. The summed E-state index contributed by atoms with van der Waals surface area (Å²) in [5, 5.41) is 21.5. The lowest BCUT2D eigenvalue weighted by Gasteiger charge is -2.28. The van der Waals surface area contributed by atoms with Crippen molar-refractivity contribution in [3.05, 3.63) is 46.5 Å². The normalized spacial score (nSPS) is 14.0. The molecule has 0 spiro atoms. The number of rotatable bonds is 4. The smallest absolute Gasteiger partial charge is 0.123 e. The van der Waals surface area contributed by atoms with Crippen molar-refractivity contribution in [2.75, 3.05) is 0 Å². The summed E-state index contributed by atoms with van der Waals surface area (Å²) in [5.41, 5.74) is 3.52. The molecule has 2 N–H and O–H groups in total. The Balaban J connectivity index is 2.39. The Morgan fingerprint density at radius 3 is 1.29 bits per heavy atom. The number of phenolic OH excluding ortho intramolecular Hbond substituents is 2. The number of benzene rings is 2. The number of hydrogen-bond acceptors (Lipinski definition) is 4. The molecule has 172 valence electrons. The molecule has 2 aromatic carbocycles. The van der Waals surface area contributed by atoms with Crippen molar-refractivity contribution < 1.29 is 10.2 Å². The standard InChI is InChI=1S/C27H40O2S2/c1-16-12-18(13-20(23(16)28)25(3,4)5)30-17(2)31-19-14-21(26(6,7)8)24(29)22(15-19)27(9,10)11/h12-15,17,28-29H,1-11H3. The Morgan fingerprint density at radius 2 is 0.935 bits per heavy atom. The molecule has 0 radical (unpaired) electrons. The Morgan fingerprint density at radius 1 is 0.613 bits per heavy atom. The molecule has 0 bridgehead atoms. The molecule has 31 heavy (non-hydrogen) atoms. The van der Waals surface area contributed by atoms with E-state index in [1.54, 1.807) is 0 Å². The van der Waals surface area contributed by atoms with Crippen molar-refractivity contribution in [2.24, 2.45) is 0 Å². The van der Waals surface area contributed by atoms with Crippen LogP contribution in [0.1, 0.15) is 91.5 Å². The lowest BCUT2D eigenvalue weighted by Crippen LogP contribution is -2.17. The van der Waals surface area contributed by atoms with Gasteiger partial charge in [0.15, 0.2) is 0 Å². The molecule has 1 atom stereocenters. The minimum Gasteiger partial charge on any atom is -0.507 e. The second kappa shape index (κ2) is 8.94. The van der Waals surface area contributed by atoms with Crippen LogP contribution in [0.2, 0.25) is 0 Å². The largest absolute Gasteiger partial charge is 0.507 e. The Labute approximate surface area is 198 Å². The van der Waals surface area contributed by atoms with E-state index >= 15 is 0 Å². The van der Waals surface area contributed by atoms with Crippen LogP contribution < -0.4 is 0 Å². The van der Waals surface area contributed by atoms with Crippen LogP contribution in [-0.2, 0) is 16.2 Å². The van der Waals surface area contributed by atoms with Crippen LogP contribution in [-0.4, -0.2) is 14.8 Å². The van der Waals surface area contributed by atoms with Gasteiger partial charge in [-0.15, -0.1) is 23.5 Å². The SMILES string of the molecule is Cc1cc(SC(C)Sc2cc(C(C)(C)C)c(O)c(C(C)(C)C)c2)cc(C(C)(C)C)c1O. The lowest BCUT2D eigenvalue weighted by atomic mass is 9.79. The lowest BCUT2D eigenvalue weighted by molar-refractivity contribution is 0.422. The molecule has 2 rings (SSSR count). The van der Waals surface area contributed by atoms with E-state index in [1.165, 1.54) is 9.79 Å². The van der Waals surface area contributed by atoms with Gasteiger partial charge in [0.25, 0.3) is 0 Å². The van der Waals surface area contributed by atoms with Crippen molar-refractivity contribution in [3.8, 4) is 11.5 Å². The van der Waals surface area contributed by atoms with Crippen molar-refractivity contribution in [2.45, 2.75) is 107 Å². The summed E-state index contributed by atoms with van der Waals surface area (Å²) in [6.07, 6.45) is 0. The molecule has 0 saturated carbocycles. The minimum absolute atomic E-state index is 0.109. The van der Waals surface area contributed by atoms with Gasteiger partial charge in [-0.1, -0.05) is 62.3 Å². The van der Waals surface area contributed by atoms with Gasteiger partial charge in [0, 0.05) is 26.5 Å². The molecular formula is C27H40O2S2. The predicted molar refractivity (Wildman–Crippen MR) is 138 cm³/mol. The van der Waals surface area contributed by atoms with Gasteiger partial charge in [-0.2, -0.15) is 0 Å². The maximum absolute atomic E-state index is 11.0. The van der Waals surface area contributed by atoms with Crippen LogP contribution in [0.4, 0.5) is 0 Å². The number of aromatic hydroxyl groups is 2. The van der Waals surface area contributed by atoms with E-state index in [0.717, 1.165) is 22.3 Å². The van der Waals surface area contributed by atoms with Gasteiger partial charge in [-0.3, -0.25) is 0 Å². The summed E-state index contributed by atoms with van der Waals surface area (Å²) >= 11 is 3.63. The fourth-order valence-corrected chi connectivity index (χ4v) is 6.04. The van der Waals surface area contributed by atoms with Crippen LogP contribution in [0, 0.1) is 6.92 Å². The van der Waals surface area contributed by atoms with Gasteiger partial charge in [-0.25, -0.2) is 0 Å². The first-order valence-electron chi connectivity index (χ1n) is 11.0. The highest BCUT2D eigenvalue weighted by Gasteiger charge is 2.27. The second-order valence-electron chi connectivity index (χ2n) is 11.6. The van der Waals surface area contributed by atoms with Crippen LogP contribution in [0.15, 0.2) is 34.1 Å². The third-order valence-corrected chi connectivity index (χ3v) is 7.64. The zero-order chi connectivity index (χ0) is 23.9. The summed E-state index contributed by atoms with van der Waals surface area (Å²) < 4.78 is 0.280. The monoisotopic (exact) mass is 460 g/mol. The molecule has 0 aromatic heterocycles. The first-order chi connectivity index (χ1) is 13.9. The molecule has 4 heteroatoms. The van der Waals surface area contributed by atoms with E-state index in [2.05, 4.69) is 93.5 Å². The highest BCUT2D eigenvalue weighted by Crippen LogP contribution is 2.45. The molecule has 0 heterocycles. The number of phenols is 2. The molecule has 0 aliphatic rings. The van der Waals surface area contributed by atoms with Gasteiger partial charge in [0.1, 0.15) is 11.5 Å². The third kappa shape index (κ3) is 6.38. The van der Waals surface area contributed by atoms with E-state index in [9.17, 15) is 10.2 Å². The van der Waals surface area contributed by atoms with Crippen LogP contribution in [0.5, 0.6) is 11.5 Å². The minimum atomic E-state index is -0.132. The molecule has 2 aromatic rings.